The predicted octanol–water partition coefficient (Wildman–Crippen LogP) is 1.29. The summed E-state index contributed by atoms with van der Waals surface area (Å²) < 4.78 is 38.7. The molecule has 0 radical (unpaired) electrons. The number of sulfonamides is 1. The zero-order valence-corrected chi connectivity index (χ0v) is 16.6. The number of fused-ring (bicyclic) bond motifs is 1. The Bertz CT molecular complexity index is 946. The number of hydrogen-bond donors (Lipinski definition) is 2. The third kappa shape index (κ3) is 3.59. The van der Waals surface area contributed by atoms with Gasteiger partial charge < -0.3 is 5.11 Å². The Morgan fingerprint density at radius 2 is 2.07 bits per heavy atom. The number of likely N-dealkylation sites (tertiary alicyclic amines) is 1. The van der Waals surface area contributed by atoms with Gasteiger partial charge in [-0.2, -0.15) is 5.10 Å². The molecule has 2 N–H and O–H groups in total. The van der Waals surface area contributed by atoms with Crippen LogP contribution in [-0.2, 0) is 16.6 Å². The smallest absolute Gasteiger partial charge is 0.211 e. The molecule has 9 heteroatoms. The minimum absolute atomic E-state index is 0.00403. The molecule has 2 aliphatic heterocycles. The number of halogens is 1. The van der Waals surface area contributed by atoms with Crippen molar-refractivity contribution in [1.29, 1.82) is 0 Å². The van der Waals surface area contributed by atoms with Gasteiger partial charge in [0.25, 0.3) is 0 Å². The lowest BCUT2D eigenvalue weighted by atomic mass is 9.73. The summed E-state index contributed by atoms with van der Waals surface area (Å²) in [6.45, 7) is 3.02. The van der Waals surface area contributed by atoms with Crippen LogP contribution in [0.25, 0.3) is 11.3 Å². The number of aromatic amines is 1. The molecule has 1 aromatic carbocycles. The molecule has 0 spiro atoms. The molecule has 0 aliphatic carbocycles. The fourth-order valence-electron chi connectivity index (χ4n) is 4.50. The Kier molecular flexibility index (Phi) is 5.03. The highest BCUT2D eigenvalue weighted by Crippen LogP contribution is 2.43. The predicted molar refractivity (Wildman–Crippen MR) is 103 cm³/mol. The fraction of sp³-hybridized carbons (Fsp3) is 0.526. The molecule has 2 fully saturated rings. The minimum Gasteiger partial charge on any atom is -0.396 e. The summed E-state index contributed by atoms with van der Waals surface area (Å²) in [4.78, 5) is 2.28. The summed E-state index contributed by atoms with van der Waals surface area (Å²) >= 11 is 0. The van der Waals surface area contributed by atoms with Crippen molar-refractivity contribution in [2.45, 2.75) is 13.0 Å². The van der Waals surface area contributed by atoms with E-state index < -0.39 is 10.0 Å². The zero-order valence-electron chi connectivity index (χ0n) is 15.8. The fourth-order valence-corrected chi connectivity index (χ4v) is 5.44. The first-order valence-electron chi connectivity index (χ1n) is 9.37. The average molecular weight is 408 g/mol. The van der Waals surface area contributed by atoms with Crippen LogP contribution in [0.5, 0.6) is 0 Å². The van der Waals surface area contributed by atoms with Crippen LogP contribution >= 0.6 is 0 Å². The summed E-state index contributed by atoms with van der Waals surface area (Å²) in [5.74, 6) is -0.181. The van der Waals surface area contributed by atoms with E-state index in [-0.39, 0.29) is 23.8 Å². The molecule has 28 heavy (non-hydrogen) atoms. The monoisotopic (exact) mass is 408 g/mol. The summed E-state index contributed by atoms with van der Waals surface area (Å²) in [7, 11) is -3.26. The molecule has 2 aliphatic rings. The van der Waals surface area contributed by atoms with Crippen molar-refractivity contribution in [2.24, 2.45) is 11.3 Å². The maximum absolute atomic E-state index is 13.2. The highest BCUT2D eigenvalue weighted by Gasteiger charge is 2.51. The van der Waals surface area contributed by atoms with Crippen molar-refractivity contribution in [3.8, 4) is 11.3 Å². The highest BCUT2D eigenvalue weighted by atomic mass is 32.2. The first-order chi connectivity index (χ1) is 13.3. The number of nitrogens with one attached hydrogen (secondary N) is 1. The largest absolute Gasteiger partial charge is 0.396 e. The second-order valence-corrected chi connectivity index (χ2v) is 10.0. The van der Waals surface area contributed by atoms with Crippen LogP contribution in [0.1, 0.15) is 12.0 Å². The number of H-pyrrole nitrogens is 1. The first-order valence-corrected chi connectivity index (χ1v) is 11.2. The number of aliphatic hydroxyl groups excluding tert-OH is 1. The van der Waals surface area contributed by atoms with Crippen LogP contribution < -0.4 is 0 Å². The molecule has 4 rings (SSSR count). The van der Waals surface area contributed by atoms with Crippen molar-refractivity contribution < 1.29 is 17.9 Å². The van der Waals surface area contributed by atoms with Crippen LogP contribution in [0.15, 0.2) is 30.5 Å². The second-order valence-electron chi connectivity index (χ2n) is 8.04. The molecule has 2 aromatic rings. The molecule has 152 valence electrons. The maximum atomic E-state index is 13.2. The standard InChI is InChI=1S/C19H25FN4O3S/c1-28(26,27)24-11-16-10-23(7-6-19(16,12-24)13-25)9-15-8-21-22-18(15)14-2-4-17(20)5-3-14/h2-5,8,16,25H,6-7,9-13H2,1H3,(H,21,22). The third-order valence-corrected chi connectivity index (χ3v) is 7.43. The van der Waals surface area contributed by atoms with Crippen molar-refractivity contribution in [2.75, 3.05) is 39.0 Å². The van der Waals surface area contributed by atoms with Gasteiger partial charge in [0.05, 0.1) is 24.8 Å². The summed E-state index contributed by atoms with van der Waals surface area (Å²) in [6.07, 6.45) is 3.77. The SMILES string of the molecule is CS(=O)(=O)N1CC2CN(Cc3cn[nH]c3-c3ccc(F)cc3)CCC2(CO)C1. The maximum Gasteiger partial charge on any atom is 0.211 e. The molecule has 2 saturated heterocycles. The Balaban J connectivity index is 1.50. The van der Waals surface area contributed by atoms with E-state index in [1.54, 1.807) is 18.3 Å². The number of benzene rings is 1. The van der Waals surface area contributed by atoms with Crippen molar-refractivity contribution in [3.63, 3.8) is 0 Å². The van der Waals surface area contributed by atoms with Crippen LogP contribution in [0.4, 0.5) is 4.39 Å². The lowest BCUT2D eigenvalue weighted by molar-refractivity contribution is 0.0171. The van der Waals surface area contributed by atoms with Gasteiger partial charge in [0.15, 0.2) is 0 Å². The quantitative estimate of drug-likeness (QED) is 0.778. The van der Waals surface area contributed by atoms with Gasteiger partial charge in [-0.3, -0.25) is 10.00 Å². The molecular weight excluding hydrogens is 383 g/mol. The van der Waals surface area contributed by atoms with E-state index in [9.17, 15) is 17.9 Å². The first kappa shape index (κ1) is 19.5. The van der Waals surface area contributed by atoms with Gasteiger partial charge in [0.2, 0.25) is 10.0 Å². The van der Waals surface area contributed by atoms with Gasteiger partial charge in [0.1, 0.15) is 5.82 Å². The van der Waals surface area contributed by atoms with Crippen LogP contribution in [0, 0.1) is 17.2 Å². The van der Waals surface area contributed by atoms with Crippen LogP contribution in [-0.4, -0.2) is 72.0 Å². The van der Waals surface area contributed by atoms with Crippen molar-refractivity contribution >= 4 is 10.0 Å². The summed E-state index contributed by atoms with van der Waals surface area (Å²) in [5.41, 5.74) is 2.40. The lowest BCUT2D eigenvalue weighted by Gasteiger charge is -2.42. The van der Waals surface area contributed by atoms with E-state index in [1.165, 1.54) is 22.7 Å². The molecule has 3 heterocycles. The van der Waals surface area contributed by atoms with Crippen LogP contribution in [0.2, 0.25) is 0 Å². The minimum atomic E-state index is -3.26. The third-order valence-electron chi connectivity index (χ3n) is 6.21. The van der Waals surface area contributed by atoms with E-state index in [2.05, 4.69) is 15.1 Å². The van der Waals surface area contributed by atoms with E-state index in [0.29, 0.717) is 19.6 Å². The molecule has 7 nitrogen and oxygen atoms in total. The average Bonchev–Trinajstić information content (AvgIpc) is 3.27. The van der Waals surface area contributed by atoms with E-state index in [4.69, 9.17) is 0 Å². The van der Waals surface area contributed by atoms with Crippen LogP contribution in [0.3, 0.4) is 0 Å². The van der Waals surface area contributed by atoms with Gasteiger partial charge in [0, 0.05) is 42.7 Å². The molecule has 2 unspecified atom stereocenters. The van der Waals surface area contributed by atoms with Gasteiger partial charge >= 0.3 is 0 Å². The Morgan fingerprint density at radius 3 is 2.75 bits per heavy atom. The van der Waals surface area contributed by atoms with E-state index in [0.717, 1.165) is 36.3 Å². The van der Waals surface area contributed by atoms with E-state index in [1.807, 2.05) is 0 Å². The van der Waals surface area contributed by atoms with Crippen molar-refractivity contribution in [1.82, 2.24) is 19.4 Å². The molecule has 1 aromatic heterocycles. The number of rotatable bonds is 5. The number of aromatic nitrogens is 2. The van der Waals surface area contributed by atoms with Gasteiger partial charge in [-0.1, -0.05) is 0 Å². The van der Waals surface area contributed by atoms with Gasteiger partial charge in [-0.25, -0.2) is 17.1 Å². The molecule has 0 bridgehead atoms. The zero-order chi connectivity index (χ0) is 19.9. The molecule has 0 saturated carbocycles. The summed E-state index contributed by atoms with van der Waals surface area (Å²) in [6, 6.07) is 6.30. The van der Waals surface area contributed by atoms with Crippen molar-refractivity contribution in [3.05, 3.63) is 41.8 Å². The Labute approximate surface area is 164 Å². The normalized spacial score (nSPS) is 26.5. The number of piperidine rings is 1. The Morgan fingerprint density at radius 1 is 1.32 bits per heavy atom. The second kappa shape index (κ2) is 7.22. The Hall–Kier alpha value is -1.81. The summed E-state index contributed by atoms with van der Waals surface area (Å²) in [5, 5.41) is 17.2. The highest BCUT2D eigenvalue weighted by molar-refractivity contribution is 7.88. The van der Waals surface area contributed by atoms with Gasteiger partial charge in [-0.15, -0.1) is 0 Å². The van der Waals surface area contributed by atoms with E-state index >= 15 is 0 Å². The molecule has 0 amide bonds. The molecular formula is C19H25FN4O3S. The topological polar surface area (TPSA) is 89.5 Å². The van der Waals surface area contributed by atoms with Gasteiger partial charge in [-0.05, 0) is 43.1 Å². The molecule has 2 atom stereocenters. The lowest BCUT2D eigenvalue weighted by Crippen LogP contribution is -2.48. The number of hydrogen-bond acceptors (Lipinski definition) is 5. The number of nitrogens with zero attached hydrogens (tertiary/aromatic N) is 3. The number of aliphatic hydroxyl groups is 1.